The van der Waals surface area contributed by atoms with Gasteiger partial charge in [0.05, 0.1) is 20.4 Å². The van der Waals surface area contributed by atoms with Crippen LogP contribution in [-0.4, -0.2) is 29.4 Å². The Labute approximate surface area is 144 Å². The minimum atomic E-state index is -0.273. The molecular weight excluding hydrogens is 414 g/mol. The summed E-state index contributed by atoms with van der Waals surface area (Å²) >= 11 is 6.43. The largest absolute Gasteiger partial charge is 0.506 e. The summed E-state index contributed by atoms with van der Waals surface area (Å²) in [7, 11) is 0. The number of phenolic OH excluding ortho intramolecular Hbond substituents is 1. The average Bonchev–Trinajstić information content (AvgIpc) is 2.50. The molecule has 1 aliphatic rings. The number of rotatable bonds is 4. The quantitative estimate of drug-likeness (QED) is 0.508. The highest BCUT2D eigenvalue weighted by atomic mass is 79.9. The molecule has 0 bridgehead atoms. The van der Waals surface area contributed by atoms with Crippen LogP contribution >= 0.6 is 31.9 Å². The topological polar surface area (TPSA) is 85.5 Å². The second-order valence-corrected chi connectivity index (χ2v) is 6.15. The Kier molecular flexibility index (Phi) is 5.31. The normalized spacial score (nSPS) is 15.9. The van der Waals surface area contributed by atoms with Crippen molar-refractivity contribution in [3.05, 3.63) is 50.2 Å². The number of carbonyl (C=O) groups is 1. The standard InChI is InChI=1S/C15H13Br2N3O2/c1-2-20-13(9-7-19-4-3-12(9)18)14(21)8-5-10(16)15(22)11(17)6-8/h3-7,18,20,22H,2H2,1H3/b13-9-,18-12?. The maximum atomic E-state index is 12.8. The van der Waals surface area contributed by atoms with Gasteiger partial charge >= 0.3 is 0 Å². The highest BCUT2D eigenvalue weighted by Gasteiger charge is 2.20. The fourth-order valence-electron chi connectivity index (χ4n) is 1.91. The molecule has 0 saturated heterocycles. The van der Waals surface area contributed by atoms with E-state index in [-0.39, 0.29) is 17.2 Å². The first kappa shape index (κ1) is 16.6. The lowest BCUT2D eigenvalue weighted by Crippen LogP contribution is -2.25. The molecular formula is C15H13Br2N3O2. The number of likely N-dealkylation sites (N-methyl/N-ethyl adjacent to an activating group) is 1. The molecule has 0 fully saturated rings. The molecule has 0 unspecified atom stereocenters. The van der Waals surface area contributed by atoms with Gasteiger partial charge in [0.15, 0.2) is 0 Å². The predicted octanol–water partition coefficient (Wildman–Crippen LogP) is 3.58. The van der Waals surface area contributed by atoms with E-state index in [1.807, 2.05) is 6.92 Å². The van der Waals surface area contributed by atoms with Gasteiger partial charge in [-0.2, -0.15) is 0 Å². The second kappa shape index (κ2) is 7.02. The van der Waals surface area contributed by atoms with Crippen molar-refractivity contribution in [3.8, 4) is 5.75 Å². The van der Waals surface area contributed by atoms with Gasteiger partial charge < -0.3 is 15.8 Å². The van der Waals surface area contributed by atoms with Crippen molar-refractivity contribution < 1.29 is 9.90 Å². The lowest BCUT2D eigenvalue weighted by molar-refractivity contribution is 0.102. The number of aromatic hydroxyl groups is 1. The number of hydrogen-bond acceptors (Lipinski definition) is 5. The molecule has 1 aromatic rings. The Morgan fingerprint density at radius 3 is 2.55 bits per heavy atom. The first-order valence-corrected chi connectivity index (χ1v) is 8.03. The van der Waals surface area contributed by atoms with E-state index in [0.717, 1.165) is 0 Å². The van der Waals surface area contributed by atoms with Gasteiger partial charge in [0.1, 0.15) is 5.75 Å². The van der Waals surface area contributed by atoms with Crippen LogP contribution in [0.3, 0.4) is 0 Å². The molecule has 114 valence electrons. The number of hydrogen-bond donors (Lipinski definition) is 3. The Morgan fingerprint density at radius 1 is 1.36 bits per heavy atom. The van der Waals surface area contributed by atoms with Crippen molar-refractivity contribution in [1.82, 2.24) is 5.32 Å². The van der Waals surface area contributed by atoms with Gasteiger partial charge in [-0.15, -0.1) is 0 Å². The van der Waals surface area contributed by atoms with E-state index in [4.69, 9.17) is 5.41 Å². The molecule has 0 aromatic heterocycles. The monoisotopic (exact) mass is 425 g/mol. The number of allylic oxidation sites excluding steroid dienone is 3. The van der Waals surface area contributed by atoms with Gasteiger partial charge in [-0.25, -0.2) is 0 Å². The zero-order chi connectivity index (χ0) is 16.3. The molecule has 3 N–H and O–H groups in total. The molecule has 0 spiro atoms. The van der Waals surface area contributed by atoms with Crippen molar-refractivity contribution >= 4 is 49.6 Å². The van der Waals surface area contributed by atoms with Crippen LogP contribution in [0.1, 0.15) is 17.3 Å². The van der Waals surface area contributed by atoms with Crippen molar-refractivity contribution in [2.75, 3.05) is 6.54 Å². The van der Waals surface area contributed by atoms with Crippen LogP contribution in [0, 0.1) is 5.41 Å². The predicted molar refractivity (Wildman–Crippen MR) is 93.9 cm³/mol. The summed E-state index contributed by atoms with van der Waals surface area (Å²) < 4.78 is 0.830. The molecule has 0 saturated carbocycles. The van der Waals surface area contributed by atoms with E-state index in [1.165, 1.54) is 18.5 Å². The molecule has 0 aliphatic carbocycles. The summed E-state index contributed by atoms with van der Waals surface area (Å²) in [6.07, 6.45) is 4.53. The summed E-state index contributed by atoms with van der Waals surface area (Å²) in [6, 6.07) is 3.08. The van der Waals surface area contributed by atoms with Crippen LogP contribution in [-0.2, 0) is 0 Å². The van der Waals surface area contributed by atoms with E-state index in [0.29, 0.717) is 32.3 Å². The van der Waals surface area contributed by atoms with E-state index >= 15 is 0 Å². The number of nitrogens with zero attached hydrogens (tertiary/aromatic N) is 1. The highest BCUT2D eigenvalue weighted by molar-refractivity contribution is 9.11. The van der Waals surface area contributed by atoms with E-state index in [1.54, 1.807) is 12.1 Å². The molecule has 1 aliphatic heterocycles. The third-order valence-electron chi connectivity index (χ3n) is 2.95. The number of aliphatic imine (C=N–C) groups is 1. The molecule has 0 amide bonds. The molecule has 7 heteroatoms. The van der Waals surface area contributed by atoms with E-state index in [2.05, 4.69) is 42.2 Å². The molecule has 0 radical (unpaired) electrons. The third kappa shape index (κ3) is 3.36. The summed E-state index contributed by atoms with van der Waals surface area (Å²) in [4.78, 5) is 16.8. The minimum absolute atomic E-state index is 0.0316. The third-order valence-corrected chi connectivity index (χ3v) is 4.16. The van der Waals surface area contributed by atoms with Gasteiger partial charge in [-0.1, -0.05) is 0 Å². The molecule has 5 nitrogen and oxygen atoms in total. The van der Waals surface area contributed by atoms with Crippen molar-refractivity contribution in [3.63, 3.8) is 0 Å². The highest BCUT2D eigenvalue weighted by Crippen LogP contribution is 2.34. The molecule has 22 heavy (non-hydrogen) atoms. The van der Waals surface area contributed by atoms with Gasteiger partial charge in [-0.05, 0) is 57.0 Å². The summed E-state index contributed by atoms with van der Waals surface area (Å²) in [6.45, 7) is 2.41. The maximum absolute atomic E-state index is 12.8. The zero-order valence-electron chi connectivity index (χ0n) is 11.7. The number of carbonyl (C=O) groups excluding carboxylic acids is 1. The molecule has 1 aromatic carbocycles. The summed E-state index contributed by atoms with van der Waals surface area (Å²) in [5.41, 5.74) is 1.35. The SMILES string of the molecule is CCN/C(C(=O)c1cc(Br)c(O)c(Br)c1)=C1/C=NC=CC1=N. The number of nitrogens with one attached hydrogen (secondary N) is 2. The van der Waals surface area contributed by atoms with Crippen molar-refractivity contribution in [2.45, 2.75) is 6.92 Å². The number of halogens is 2. The van der Waals surface area contributed by atoms with Gasteiger partial charge in [-0.3, -0.25) is 9.79 Å². The number of Topliss-reactive ketones (excluding diaryl/α,β-unsaturated/α-hetero) is 1. The van der Waals surface area contributed by atoms with E-state index in [9.17, 15) is 9.90 Å². The van der Waals surface area contributed by atoms with Gasteiger partial charge in [0.2, 0.25) is 5.78 Å². The fraction of sp³-hybridized carbons (Fsp3) is 0.133. The first-order valence-electron chi connectivity index (χ1n) is 6.45. The zero-order valence-corrected chi connectivity index (χ0v) is 14.8. The van der Waals surface area contributed by atoms with E-state index < -0.39 is 0 Å². The van der Waals surface area contributed by atoms with Crippen LogP contribution in [0.25, 0.3) is 0 Å². The fourth-order valence-corrected chi connectivity index (χ4v) is 3.10. The number of benzene rings is 1. The Bertz CT molecular complexity index is 713. The molecule has 2 rings (SSSR count). The molecule has 0 atom stereocenters. The van der Waals surface area contributed by atoms with Crippen LogP contribution < -0.4 is 5.32 Å². The number of phenols is 1. The molecule has 1 heterocycles. The van der Waals surface area contributed by atoms with Gasteiger partial charge in [0, 0.05) is 30.1 Å². The summed E-state index contributed by atoms with van der Waals surface area (Å²) in [5.74, 6) is -0.242. The lowest BCUT2D eigenvalue weighted by Gasteiger charge is -2.14. The van der Waals surface area contributed by atoms with Crippen LogP contribution in [0.4, 0.5) is 0 Å². The number of ketones is 1. The Morgan fingerprint density at radius 2 is 2.00 bits per heavy atom. The van der Waals surface area contributed by atoms with Crippen molar-refractivity contribution in [2.24, 2.45) is 4.99 Å². The van der Waals surface area contributed by atoms with Crippen LogP contribution in [0.15, 0.2) is 49.6 Å². The minimum Gasteiger partial charge on any atom is -0.506 e. The van der Waals surface area contributed by atoms with Crippen LogP contribution in [0.5, 0.6) is 5.75 Å². The summed E-state index contributed by atoms with van der Waals surface area (Å²) in [5, 5.41) is 20.7. The average molecular weight is 427 g/mol. The maximum Gasteiger partial charge on any atom is 0.209 e. The first-order chi connectivity index (χ1) is 10.5. The lowest BCUT2D eigenvalue weighted by atomic mass is 10.0. The Balaban J connectivity index is 2.52. The van der Waals surface area contributed by atoms with Crippen molar-refractivity contribution in [1.29, 1.82) is 5.41 Å². The smallest absolute Gasteiger partial charge is 0.209 e. The Hall–Kier alpha value is -1.73. The second-order valence-electron chi connectivity index (χ2n) is 4.44. The van der Waals surface area contributed by atoms with Crippen LogP contribution in [0.2, 0.25) is 0 Å². The van der Waals surface area contributed by atoms with Gasteiger partial charge in [0.25, 0.3) is 0 Å².